The SMILES string of the molecule is COc1cc(CNCc2ccc(-c3ccc(Cl)cc3[N+](=O)[O-])o2)cc(OC)c1OC. The number of hydrogen-bond donors (Lipinski definition) is 1. The van der Waals surface area contributed by atoms with Gasteiger partial charge in [0.25, 0.3) is 5.69 Å². The summed E-state index contributed by atoms with van der Waals surface area (Å²) >= 11 is 5.87. The fraction of sp³-hybridized carbons (Fsp3) is 0.238. The molecule has 0 radical (unpaired) electrons. The van der Waals surface area contributed by atoms with Gasteiger partial charge in [-0.15, -0.1) is 0 Å². The maximum absolute atomic E-state index is 11.3. The van der Waals surface area contributed by atoms with Crippen LogP contribution in [0.1, 0.15) is 11.3 Å². The Hall–Kier alpha value is -3.23. The van der Waals surface area contributed by atoms with Crippen LogP contribution >= 0.6 is 11.6 Å². The zero-order valence-corrected chi connectivity index (χ0v) is 17.5. The van der Waals surface area contributed by atoms with Crippen molar-refractivity contribution < 1.29 is 23.6 Å². The Balaban J connectivity index is 1.71. The number of furan rings is 1. The van der Waals surface area contributed by atoms with Gasteiger partial charge in [-0.2, -0.15) is 0 Å². The maximum Gasteiger partial charge on any atom is 0.281 e. The topological polar surface area (TPSA) is 96.0 Å². The second kappa shape index (κ2) is 9.51. The molecule has 3 aromatic rings. The number of nitro benzene ring substituents is 1. The summed E-state index contributed by atoms with van der Waals surface area (Å²) in [6.07, 6.45) is 0. The van der Waals surface area contributed by atoms with Gasteiger partial charge in [0.2, 0.25) is 5.75 Å². The van der Waals surface area contributed by atoms with Crippen molar-refractivity contribution in [2.24, 2.45) is 0 Å². The number of methoxy groups -OCH3 is 3. The molecule has 1 aromatic heterocycles. The highest BCUT2D eigenvalue weighted by Gasteiger charge is 2.19. The Labute approximate surface area is 178 Å². The molecule has 0 atom stereocenters. The summed E-state index contributed by atoms with van der Waals surface area (Å²) in [6, 6.07) is 11.7. The first-order chi connectivity index (χ1) is 14.5. The Kier molecular flexibility index (Phi) is 6.81. The highest BCUT2D eigenvalue weighted by Crippen LogP contribution is 2.38. The van der Waals surface area contributed by atoms with Crippen molar-refractivity contribution in [3.8, 4) is 28.6 Å². The van der Waals surface area contributed by atoms with Crippen molar-refractivity contribution in [2.45, 2.75) is 13.1 Å². The number of rotatable bonds is 9. The van der Waals surface area contributed by atoms with E-state index in [2.05, 4.69) is 5.32 Å². The average Bonchev–Trinajstić information content (AvgIpc) is 3.21. The molecule has 158 valence electrons. The first-order valence-corrected chi connectivity index (χ1v) is 9.37. The lowest BCUT2D eigenvalue weighted by molar-refractivity contribution is -0.384. The van der Waals surface area contributed by atoms with E-state index in [1.54, 1.807) is 45.6 Å². The highest BCUT2D eigenvalue weighted by molar-refractivity contribution is 6.30. The average molecular weight is 433 g/mol. The molecule has 0 aliphatic heterocycles. The fourth-order valence-corrected chi connectivity index (χ4v) is 3.22. The monoisotopic (exact) mass is 432 g/mol. The van der Waals surface area contributed by atoms with Crippen molar-refractivity contribution >= 4 is 17.3 Å². The molecule has 9 heteroatoms. The van der Waals surface area contributed by atoms with Crippen molar-refractivity contribution in [3.63, 3.8) is 0 Å². The van der Waals surface area contributed by atoms with Gasteiger partial charge in [-0.05, 0) is 42.0 Å². The predicted molar refractivity (Wildman–Crippen MR) is 112 cm³/mol. The third-order valence-electron chi connectivity index (χ3n) is 4.44. The van der Waals surface area contributed by atoms with E-state index in [-0.39, 0.29) is 5.69 Å². The van der Waals surface area contributed by atoms with Crippen LogP contribution in [0.2, 0.25) is 5.02 Å². The molecule has 8 nitrogen and oxygen atoms in total. The number of ether oxygens (including phenoxy) is 3. The van der Waals surface area contributed by atoms with Gasteiger partial charge in [0.05, 0.1) is 38.4 Å². The molecule has 0 aliphatic rings. The van der Waals surface area contributed by atoms with E-state index in [0.29, 0.717) is 52.4 Å². The van der Waals surface area contributed by atoms with Gasteiger partial charge in [0.1, 0.15) is 11.5 Å². The highest BCUT2D eigenvalue weighted by atomic mass is 35.5. The first-order valence-electron chi connectivity index (χ1n) is 8.99. The molecule has 0 unspecified atom stereocenters. The van der Waals surface area contributed by atoms with Crippen LogP contribution in [0, 0.1) is 10.1 Å². The summed E-state index contributed by atoms with van der Waals surface area (Å²) in [5.41, 5.74) is 1.21. The molecule has 0 saturated heterocycles. The minimum Gasteiger partial charge on any atom is -0.493 e. The van der Waals surface area contributed by atoms with E-state index in [1.165, 1.54) is 6.07 Å². The van der Waals surface area contributed by atoms with Gasteiger partial charge in [-0.3, -0.25) is 10.1 Å². The first kappa shape index (κ1) is 21.5. The predicted octanol–water partition coefficient (Wildman–Crippen LogP) is 4.82. The standard InChI is InChI=1S/C21H21ClN2O6/c1-27-19-8-13(9-20(28-2)21(19)29-3)11-23-12-15-5-7-18(30-15)16-6-4-14(22)10-17(16)24(25)26/h4-10,23H,11-12H2,1-3H3. The lowest BCUT2D eigenvalue weighted by Crippen LogP contribution is -2.12. The van der Waals surface area contributed by atoms with Crippen LogP contribution in [0.4, 0.5) is 5.69 Å². The van der Waals surface area contributed by atoms with Crippen LogP contribution in [0.15, 0.2) is 46.9 Å². The molecular formula is C21H21ClN2O6. The van der Waals surface area contributed by atoms with Crippen LogP contribution in [-0.2, 0) is 13.1 Å². The molecule has 0 spiro atoms. The number of halogens is 1. The minimum absolute atomic E-state index is 0.103. The lowest BCUT2D eigenvalue weighted by Gasteiger charge is -2.14. The molecule has 30 heavy (non-hydrogen) atoms. The van der Waals surface area contributed by atoms with Gasteiger partial charge in [0, 0.05) is 17.6 Å². The van der Waals surface area contributed by atoms with Crippen molar-refractivity contribution in [2.75, 3.05) is 21.3 Å². The molecule has 2 aromatic carbocycles. The Morgan fingerprint density at radius 1 is 1.00 bits per heavy atom. The van der Waals surface area contributed by atoms with Gasteiger partial charge >= 0.3 is 0 Å². The number of hydrogen-bond acceptors (Lipinski definition) is 7. The van der Waals surface area contributed by atoms with Crippen LogP contribution in [0.3, 0.4) is 0 Å². The van der Waals surface area contributed by atoms with Crippen LogP contribution < -0.4 is 19.5 Å². The largest absolute Gasteiger partial charge is 0.493 e. The summed E-state index contributed by atoms with van der Waals surface area (Å²) < 4.78 is 21.8. The molecule has 1 heterocycles. The quantitative estimate of drug-likeness (QED) is 0.382. The lowest BCUT2D eigenvalue weighted by atomic mass is 10.1. The Morgan fingerprint density at radius 2 is 1.70 bits per heavy atom. The third-order valence-corrected chi connectivity index (χ3v) is 4.67. The van der Waals surface area contributed by atoms with Crippen LogP contribution in [0.5, 0.6) is 17.2 Å². The molecule has 0 saturated carbocycles. The van der Waals surface area contributed by atoms with E-state index < -0.39 is 4.92 Å². The van der Waals surface area contributed by atoms with Crippen molar-refractivity contribution in [3.05, 3.63) is 68.9 Å². The van der Waals surface area contributed by atoms with E-state index in [9.17, 15) is 10.1 Å². The Bertz CT molecular complexity index is 1020. The third kappa shape index (κ3) is 4.67. The van der Waals surface area contributed by atoms with E-state index >= 15 is 0 Å². The summed E-state index contributed by atoms with van der Waals surface area (Å²) in [4.78, 5) is 10.8. The molecular weight excluding hydrogens is 412 g/mol. The van der Waals surface area contributed by atoms with Crippen LogP contribution in [-0.4, -0.2) is 26.3 Å². The Morgan fingerprint density at radius 3 is 2.30 bits per heavy atom. The number of nitro groups is 1. The second-order valence-corrected chi connectivity index (χ2v) is 6.76. The number of nitrogens with one attached hydrogen (secondary N) is 1. The molecule has 0 fully saturated rings. The summed E-state index contributed by atoms with van der Waals surface area (Å²) in [6.45, 7) is 0.950. The molecule has 0 bridgehead atoms. The summed E-state index contributed by atoms with van der Waals surface area (Å²) in [5, 5.41) is 14.9. The van der Waals surface area contributed by atoms with Gasteiger partial charge in [-0.1, -0.05) is 11.6 Å². The van der Waals surface area contributed by atoms with Gasteiger partial charge < -0.3 is 23.9 Å². The molecule has 1 N–H and O–H groups in total. The number of benzene rings is 2. The molecule has 3 rings (SSSR count). The molecule has 0 amide bonds. The zero-order valence-electron chi connectivity index (χ0n) is 16.7. The van der Waals surface area contributed by atoms with E-state index in [1.807, 2.05) is 12.1 Å². The summed E-state index contributed by atoms with van der Waals surface area (Å²) in [5.74, 6) is 2.72. The fourth-order valence-electron chi connectivity index (χ4n) is 3.05. The zero-order chi connectivity index (χ0) is 21.7. The summed E-state index contributed by atoms with van der Waals surface area (Å²) in [7, 11) is 4.68. The van der Waals surface area contributed by atoms with Crippen LogP contribution in [0.25, 0.3) is 11.3 Å². The number of nitrogens with zero attached hydrogens (tertiary/aromatic N) is 1. The van der Waals surface area contributed by atoms with Crippen molar-refractivity contribution in [1.82, 2.24) is 5.32 Å². The van der Waals surface area contributed by atoms with Gasteiger partial charge in [0.15, 0.2) is 11.5 Å². The normalized spacial score (nSPS) is 10.7. The maximum atomic E-state index is 11.3. The van der Waals surface area contributed by atoms with Crippen molar-refractivity contribution in [1.29, 1.82) is 0 Å². The van der Waals surface area contributed by atoms with E-state index in [0.717, 1.165) is 5.56 Å². The van der Waals surface area contributed by atoms with E-state index in [4.69, 9.17) is 30.2 Å². The molecule has 0 aliphatic carbocycles. The minimum atomic E-state index is -0.480. The second-order valence-electron chi connectivity index (χ2n) is 6.32. The smallest absolute Gasteiger partial charge is 0.281 e. The van der Waals surface area contributed by atoms with Gasteiger partial charge in [-0.25, -0.2) is 0 Å².